The Morgan fingerprint density at radius 1 is 1.33 bits per heavy atom. The molecule has 0 bridgehead atoms. The van der Waals surface area contributed by atoms with E-state index in [0.717, 1.165) is 12.0 Å². The Kier molecular flexibility index (Phi) is 2.12. The van der Waals surface area contributed by atoms with E-state index in [1.807, 2.05) is 0 Å². The Labute approximate surface area is 58.0 Å². The van der Waals surface area contributed by atoms with Gasteiger partial charge in [0.1, 0.15) is 0 Å². The molecule has 1 nitrogen and oxygen atoms in total. The SMILES string of the molecule is CC[C@@H]1CC[C@@H]1N(C)C. The molecule has 1 saturated carbocycles. The van der Waals surface area contributed by atoms with Crippen LogP contribution in [-0.4, -0.2) is 25.0 Å². The molecule has 0 saturated heterocycles. The molecule has 0 aliphatic heterocycles. The third-order valence-corrected chi connectivity index (χ3v) is 2.57. The van der Waals surface area contributed by atoms with Crippen molar-refractivity contribution in [3.8, 4) is 0 Å². The second kappa shape index (κ2) is 2.70. The molecule has 1 aliphatic carbocycles. The molecule has 0 aromatic rings. The van der Waals surface area contributed by atoms with Crippen LogP contribution in [0.4, 0.5) is 0 Å². The summed E-state index contributed by atoms with van der Waals surface area (Å²) in [6.07, 6.45) is 4.24. The zero-order valence-corrected chi connectivity index (χ0v) is 6.72. The van der Waals surface area contributed by atoms with Gasteiger partial charge < -0.3 is 4.90 Å². The summed E-state index contributed by atoms with van der Waals surface area (Å²) in [5.41, 5.74) is 0. The van der Waals surface area contributed by atoms with Crippen LogP contribution in [-0.2, 0) is 0 Å². The lowest BCUT2D eigenvalue weighted by atomic mass is 9.77. The third-order valence-electron chi connectivity index (χ3n) is 2.57. The molecular formula is C8H17N. The highest BCUT2D eigenvalue weighted by atomic mass is 15.1. The van der Waals surface area contributed by atoms with Crippen LogP contribution in [0.2, 0.25) is 0 Å². The number of nitrogens with zero attached hydrogens (tertiary/aromatic N) is 1. The molecule has 0 aromatic heterocycles. The summed E-state index contributed by atoms with van der Waals surface area (Å²) in [7, 11) is 4.37. The van der Waals surface area contributed by atoms with Gasteiger partial charge in [0, 0.05) is 6.04 Å². The molecule has 1 heteroatoms. The van der Waals surface area contributed by atoms with Crippen LogP contribution in [0.25, 0.3) is 0 Å². The van der Waals surface area contributed by atoms with Crippen molar-refractivity contribution >= 4 is 0 Å². The van der Waals surface area contributed by atoms with E-state index in [1.165, 1.54) is 19.3 Å². The minimum Gasteiger partial charge on any atom is -0.306 e. The maximum absolute atomic E-state index is 2.36. The fourth-order valence-electron chi connectivity index (χ4n) is 1.71. The van der Waals surface area contributed by atoms with E-state index in [-0.39, 0.29) is 0 Å². The highest BCUT2D eigenvalue weighted by Gasteiger charge is 2.30. The van der Waals surface area contributed by atoms with E-state index in [2.05, 4.69) is 25.9 Å². The maximum atomic E-state index is 2.36. The van der Waals surface area contributed by atoms with Crippen LogP contribution in [0, 0.1) is 5.92 Å². The second-order valence-corrected chi connectivity index (χ2v) is 3.28. The van der Waals surface area contributed by atoms with Gasteiger partial charge in [-0.25, -0.2) is 0 Å². The summed E-state index contributed by atoms with van der Waals surface area (Å²) >= 11 is 0. The van der Waals surface area contributed by atoms with Gasteiger partial charge in [0.05, 0.1) is 0 Å². The number of rotatable bonds is 2. The van der Waals surface area contributed by atoms with Gasteiger partial charge >= 0.3 is 0 Å². The molecule has 1 rings (SSSR count). The van der Waals surface area contributed by atoms with Gasteiger partial charge in [-0.15, -0.1) is 0 Å². The predicted molar refractivity (Wildman–Crippen MR) is 40.5 cm³/mol. The highest BCUT2D eigenvalue weighted by molar-refractivity contribution is 4.85. The van der Waals surface area contributed by atoms with Crippen molar-refractivity contribution in [1.82, 2.24) is 4.90 Å². The zero-order valence-electron chi connectivity index (χ0n) is 6.72. The van der Waals surface area contributed by atoms with E-state index in [9.17, 15) is 0 Å². The summed E-state index contributed by atoms with van der Waals surface area (Å²) in [5, 5.41) is 0. The molecule has 0 unspecified atom stereocenters. The third kappa shape index (κ3) is 1.26. The topological polar surface area (TPSA) is 3.24 Å². The average Bonchev–Trinajstić information content (AvgIpc) is 1.61. The van der Waals surface area contributed by atoms with Crippen LogP contribution >= 0.6 is 0 Å². The zero-order chi connectivity index (χ0) is 6.85. The molecule has 1 fully saturated rings. The lowest BCUT2D eigenvalue weighted by molar-refractivity contribution is 0.104. The Bertz CT molecular complexity index is 86.6. The van der Waals surface area contributed by atoms with Crippen molar-refractivity contribution in [3.05, 3.63) is 0 Å². The first-order chi connectivity index (χ1) is 4.25. The van der Waals surface area contributed by atoms with Crippen LogP contribution in [0.5, 0.6) is 0 Å². The standard InChI is InChI=1S/C8H17N/c1-4-7-5-6-8(7)9(2)3/h7-8H,4-6H2,1-3H3/t7-,8+/m1/s1. The summed E-state index contributed by atoms with van der Waals surface area (Å²) < 4.78 is 0. The lowest BCUT2D eigenvalue weighted by Gasteiger charge is -2.40. The molecule has 0 N–H and O–H groups in total. The Morgan fingerprint density at radius 3 is 2.11 bits per heavy atom. The maximum Gasteiger partial charge on any atom is 0.0117 e. The van der Waals surface area contributed by atoms with Crippen molar-refractivity contribution < 1.29 is 0 Å². The minimum absolute atomic E-state index is 0.898. The summed E-state index contributed by atoms with van der Waals surface area (Å²) in [6.45, 7) is 2.29. The van der Waals surface area contributed by atoms with Crippen LogP contribution in [0.1, 0.15) is 26.2 Å². The first kappa shape index (κ1) is 7.07. The smallest absolute Gasteiger partial charge is 0.0117 e. The Morgan fingerprint density at radius 2 is 2.00 bits per heavy atom. The summed E-state index contributed by atoms with van der Waals surface area (Å²) in [4.78, 5) is 2.36. The van der Waals surface area contributed by atoms with Gasteiger partial charge in [-0.2, -0.15) is 0 Å². The van der Waals surface area contributed by atoms with Gasteiger partial charge in [-0.1, -0.05) is 13.3 Å². The number of hydrogen-bond acceptors (Lipinski definition) is 1. The molecule has 2 atom stereocenters. The van der Waals surface area contributed by atoms with E-state index in [4.69, 9.17) is 0 Å². The lowest BCUT2D eigenvalue weighted by Crippen LogP contribution is -2.42. The van der Waals surface area contributed by atoms with E-state index in [0.29, 0.717) is 0 Å². The Hall–Kier alpha value is -0.0400. The molecule has 0 spiro atoms. The fraction of sp³-hybridized carbons (Fsp3) is 1.00. The summed E-state index contributed by atoms with van der Waals surface area (Å²) in [6, 6.07) is 0.898. The van der Waals surface area contributed by atoms with Crippen molar-refractivity contribution in [2.75, 3.05) is 14.1 Å². The highest BCUT2D eigenvalue weighted by Crippen LogP contribution is 2.32. The normalized spacial score (nSPS) is 34.7. The molecule has 0 aromatic carbocycles. The number of hydrogen-bond donors (Lipinski definition) is 0. The van der Waals surface area contributed by atoms with E-state index >= 15 is 0 Å². The van der Waals surface area contributed by atoms with Crippen molar-refractivity contribution in [2.24, 2.45) is 5.92 Å². The van der Waals surface area contributed by atoms with Crippen molar-refractivity contribution in [2.45, 2.75) is 32.2 Å². The van der Waals surface area contributed by atoms with Crippen molar-refractivity contribution in [3.63, 3.8) is 0 Å². The fourth-order valence-corrected chi connectivity index (χ4v) is 1.71. The van der Waals surface area contributed by atoms with Gasteiger partial charge in [-0.3, -0.25) is 0 Å². The second-order valence-electron chi connectivity index (χ2n) is 3.28. The average molecular weight is 127 g/mol. The van der Waals surface area contributed by atoms with Crippen molar-refractivity contribution in [1.29, 1.82) is 0 Å². The summed E-state index contributed by atoms with van der Waals surface area (Å²) in [5.74, 6) is 1.000. The molecule has 1 aliphatic rings. The van der Waals surface area contributed by atoms with Crippen LogP contribution in [0.15, 0.2) is 0 Å². The molecular weight excluding hydrogens is 110 g/mol. The molecule has 54 valence electrons. The van der Waals surface area contributed by atoms with Gasteiger partial charge in [0.25, 0.3) is 0 Å². The molecule has 0 radical (unpaired) electrons. The predicted octanol–water partition coefficient (Wildman–Crippen LogP) is 1.74. The largest absolute Gasteiger partial charge is 0.306 e. The van der Waals surface area contributed by atoms with Crippen LogP contribution in [0.3, 0.4) is 0 Å². The molecule has 0 heterocycles. The van der Waals surface area contributed by atoms with Crippen LogP contribution < -0.4 is 0 Å². The Balaban J connectivity index is 2.27. The molecule has 9 heavy (non-hydrogen) atoms. The molecule has 0 amide bonds. The van der Waals surface area contributed by atoms with E-state index < -0.39 is 0 Å². The van der Waals surface area contributed by atoms with E-state index in [1.54, 1.807) is 0 Å². The first-order valence-corrected chi connectivity index (χ1v) is 3.92. The first-order valence-electron chi connectivity index (χ1n) is 3.92. The quantitative estimate of drug-likeness (QED) is 0.546. The van der Waals surface area contributed by atoms with Gasteiger partial charge in [-0.05, 0) is 32.9 Å². The van der Waals surface area contributed by atoms with Gasteiger partial charge in [0.2, 0.25) is 0 Å². The van der Waals surface area contributed by atoms with Gasteiger partial charge in [0.15, 0.2) is 0 Å². The minimum atomic E-state index is 0.898. The monoisotopic (exact) mass is 127 g/mol.